The standard InChI is InChI=1S/C12H16N2O5S/c1-7(2)5-13-12(18)14-9(15)6-20-10-4-3-8(19-10)11(16)17/h3-4,7H,5-6H2,1-2H3,(H,16,17)(H2,13,14,15,18). The molecule has 0 aliphatic heterocycles. The molecule has 0 aliphatic carbocycles. The summed E-state index contributed by atoms with van der Waals surface area (Å²) in [5, 5.41) is 13.7. The molecule has 0 aliphatic rings. The highest BCUT2D eigenvalue weighted by Crippen LogP contribution is 2.20. The van der Waals surface area contributed by atoms with E-state index in [9.17, 15) is 14.4 Å². The molecule has 0 fully saturated rings. The zero-order valence-corrected chi connectivity index (χ0v) is 12.0. The van der Waals surface area contributed by atoms with Crippen LogP contribution in [0, 0.1) is 5.92 Å². The number of hydrogen-bond acceptors (Lipinski definition) is 5. The van der Waals surface area contributed by atoms with Crippen LogP contribution in [-0.4, -0.2) is 35.3 Å². The van der Waals surface area contributed by atoms with Gasteiger partial charge >= 0.3 is 12.0 Å². The minimum atomic E-state index is -1.17. The Kier molecular flexibility index (Phi) is 6.10. The quantitative estimate of drug-likeness (QED) is 0.688. The molecule has 0 bridgehead atoms. The number of hydrogen-bond donors (Lipinski definition) is 3. The highest BCUT2D eigenvalue weighted by molar-refractivity contribution is 7.99. The van der Waals surface area contributed by atoms with Crippen LogP contribution in [0.4, 0.5) is 4.79 Å². The molecule has 0 saturated heterocycles. The second kappa shape index (κ2) is 7.59. The molecule has 3 amide bonds. The number of aromatic carboxylic acids is 1. The van der Waals surface area contributed by atoms with Crippen molar-refractivity contribution in [2.45, 2.75) is 18.9 Å². The van der Waals surface area contributed by atoms with E-state index in [1.165, 1.54) is 12.1 Å². The van der Waals surface area contributed by atoms with Crippen LogP contribution < -0.4 is 10.6 Å². The molecule has 0 saturated carbocycles. The van der Waals surface area contributed by atoms with Crippen LogP contribution in [0.25, 0.3) is 0 Å². The van der Waals surface area contributed by atoms with E-state index in [4.69, 9.17) is 9.52 Å². The average Bonchev–Trinajstić information content (AvgIpc) is 2.83. The highest BCUT2D eigenvalue weighted by Gasteiger charge is 2.12. The lowest BCUT2D eigenvalue weighted by atomic mass is 10.2. The number of furan rings is 1. The summed E-state index contributed by atoms with van der Waals surface area (Å²) in [6.45, 7) is 4.36. The number of carbonyl (C=O) groups excluding carboxylic acids is 2. The van der Waals surface area contributed by atoms with Gasteiger partial charge < -0.3 is 14.8 Å². The minimum absolute atomic E-state index is 0.0400. The van der Waals surface area contributed by atoms with Crippen LogP contribution in [0.2, 0.25) is 0 Å². The Labute approximate surface area is 120 Å². The summed E-state index contributed by atoms with van der Waals surface area (Å²) in [6.07, 6.45) is 0. The molecule has 1 aromatic heterocycles. The Balaban J connectivity index is 2.32. The number of carboxylic acid groups (broad SMARTS) is 1. The topological polar surface area (TPSA) is 109 Å². The fourth-order valence-corrected chi connectivity index (χ4v) is 1.81. The van der Waals surface area contributed by atoms with E-state index in [1.54, 1.807) is 0 Å². The average molecular weight is 300 g/mol. The minimum Gasteiger partial charge on any atom is -0.475 e. The SMILES string of the molecule is CC(C)CNC(=O)NC(=O)CSc1ccc(C(=O)O)o1. The Hall–Kier alpha value is -1.96. The number of nitrogens with one attached hydrogen (secondary N) is 2. The van der Waals surface area contributed by atoms with Crippen molar-refractivity contribution in [3.05, 3.63) is 17.9 Å². The van der Waals surface area contributed by atoms with Crippen molar-refractivity contribution in [1.29, 1.82) is 0 Å². The van der Waals surface area contributed by atoms with Crippen LogP contribution in [-0.2, 0) is 4.79 Å². The first-order valence-electron chi connectivity index (χ1n) is 5.92. The number of thioether (sulfide) groups is 1. The fraction of sp³-hybridized carbons (Fsp3) is 0.417. The summed E-state index contributed by atoms with van der Waals surface area (Å²) < 4.78 is 4.96. The summed E-state index contributed by atoms with van der Waals surface area (Å²) >= 11 is 1.01. The Morgan fingerprint density at radius 2 is 2.05 bits per heavy atom. The molecule has 8 heteroatoms. The second-order valence-electron chi connectivity index (χ2n) is 4.36. The molecule has 0 spiro atoms. The van der Waals surface area contributed by atoms with Gasteiger partial charge in [-0.25, -0.2) is 9.59 Å². The van der Waals surface area contributed by atoms with E-state index in [-0.39, 0.29) is 11.5 Å². The lowest BCUT2D eigenvalue weighted by Gasteiger charge is -2.07. The van der Waals surface area contributed by atoms with E-state index in [2.05, 4.69) is 10.6 Å². The van der Waals surface area contributed by atoms with Gasteiger partial charge in [-0.15, -0.1) is 0 Å². The zero-order chi connectivity index (χ0) is 15.1. The molecular formula is C12H16N2O5S. The maximum Gasteiger partial charge on any atom is 0.371 e. The number of imide groups is 1. The smallest absolute Gasteiger partial charge is 0.371 e. The summed E-state index contributed by atoms with van der Waals surface area (Å²) in [5.74, 6) is -1.59. The molecule has 0 unspecified atom stereocenters. The summed E-state index contributed by atoms with van der Waals surface area (Å²) in [6, 6.07) is 2.22. The summed E-state index contributed by atoms with van der Waals surface area (Å²) in [4.78, 5) is 33.4. The van der Waals surface area contributed by atoms with E-state index >= 15 is 0 Å². The van der Waals surface area contributed by atoms with Crippen molar-refractivity contribution >= 4 is 29.7 Å². The van der Waals surface area contributed by atoms with Crippen molar-refractivity contribution in [1.82, 2.24) is 10.6 Å². The number of rotatable bonds is 6. The maximum atomic E-state index is 11.5. The van der Waals surface area contributed by atoms with Crippen LogP contribution in [0.3, 0.4) is 0 Å². The molecule has 0 aromatic carbocycles. The number of amides is 3. The van der Waals surface area contributed by atoms with Crippen molar-refractivity contribution < 1.29 is 23.9 Å². The van der Waals surface area contributed by atoms with Gasteiger partial charge in [0.2, 0.25) is 11.7 Å². The Morgan fingerprint density at radius 3 is 2.60 bits per heavy atom. The van der Waals surface area contributed by atoms with Gasteiger partial charge in [0.15, 0.2) is 5.09 Å². The van der Waals surface area contributed by atoms with Gasteiger partial charge in [0, 0.05) is 6.54 Å². The number of carbonyl (C=O) groups is 3. The van der Waals surface area contributed by atoms with Gasteiger partial charge in [0.1, 0.15) is 0 Å². The monoisotopic (exact) mass is 300 g/mol. The van der Waals surface area contributed by atoms with E-state index in [0.717, 1.165) is 11.8 Å². The molecular weight excluding hydrogens is 284 g/mol. The molecule has 1 rings (SSSR count). The molecule has 0 radical (unpaired) electrons. The van der Waals surface area contributed by atoms with Gasteiger partial charge in [0.05, 0.1) is 5.75 Å². The first-order chi connectivity index (χ1) is 9.38. The molecule has 7 nitrogen and oxygen atoms in total. The third-order valence-electron chi connectivity index (χ3n) is 2.06. The van der Waals surface area contributed by atoms with Gasteiger partial charge in [-0.2, -0.15) is 0 Å². The Bertz CT molecular complexity index is 498. The van der Waals surface area contributed by atoms with Gasteiger partial charge in [-0.3, -0.25) is 10.1 Å². The predicted molar refractivity (Wildman–Crippen MR) is 72.8 cm³/mol. The van der Waals surface area contributed by atoms with Crippen LogP contribution in [0.15, 0.2) is 21.6 Å². The van der Waals surface area contributed by atoms with Crippen molar-refractivity contribution in [2.75, 3.05) is 12.3 Å². The largest absolute Gasteiger partial charge is 0.475 e. The Morgan fingerprint density at radius 1 is 1.35 bits per heavy atom. The van der Waals surface area contributed by atoms with Crippen LogP contribution in [0.5, 0.6) is 0 Å². The van der Waals surface area contributed by atoms with Gasteiger partial charge in [-0.1, -0.05) is 25.6 Å². The predicted octanol–water partition coefficient (Wildman–Crippen LogP) is 1.55. The fourth-order valence-electron chi connectivity index (χ4n) is 1.15. The van der Waals surface area contributed by atoms with Crippen LogP contribution >= 0.6 is 11.8 Å². The molecule has 0 atom stereocenters. The molecule has 1 aromatic rings. The third kappa shape index (κ3) is 5.79. The molecule has 3 N–H and O–H groups in total. The van der Waals surface area contributed by atoms with E-state index < -0.39 is 17.9 Å². The van der Waals surface area contributed by atoms with E-state index in [1.807, 2.05) is 13.8 Å². The number of carboxylic acids is 1. The third-order valence-corrected chi connectivity index (χ3v) is 2.97. The molecule has 110 valence electrons. The first-order valence-corrected chi connectivity index (χ1v) is 6.90. The molecule has 20 heavy (non-hydrogen) atoms. The van der Waals surface area contributed by atoms with Crippen LogP contribution in [0.1, 0.15) is 24.4 Å². The number of urea groups is 1. The van der Waals surface area contributed by atoms with Crippen molar-refractivity contribution in [2.24, 2.45) is 5.92 Å². The lowest BCUT2D eigenvalue weighted by molar-refractivity contribution is -0.117. The van der Waals surface area contributed by atoms with Gasteiger partial charge in [0.25, 0.3) is 0 Å². The summed E-state index contributed by atoms with van der Waals surface area (Å²) in [7, 11) is 0. The van der Waals surface area contributed by atoms with E-state index in [0.29, 0.717) is 17.6 Å². The summed E-state index contributed by atoms with van der Waals surface area (Å²) in [5.41, 5.74) is 0. The first kappa shape index (κ1) is 16.1. The second-order valence-corrected chi connectivity index (χ2v) is 5.34. The lowest BCUT2D eigenvalue weighted by Crippen LogP contribution is -2.41. The van der Waals surface area contributed by atoms with Crippen molar-refractivity contribution in [3.8, 4) is 0 Å². The van der Waals surface area contributed by atoms with Gasteiger partial charge in [-0.05, 0) is 18.1 Å². The van der Waals surface area contributed by atoms with Crippen molar-refractivity contribution in [3.63, 3.8) is 0 Å². The molecule has 1 heterocycles. The maximum absolute atomic E-state index is 11.5. The zero-order valence-electron chi connectivity index (χ0n) is 11.1. The normalized spacial score (nSPS) is 10.3. The highest BCUT2D eigenvalue weighted by atomic mass is 32.2.